The fourth-order valence-electron chi connectivity index (χ4n) is 3.73. The molecule has 0 amide bonds. The van der Waals surface area contributed by atoms with Crippen LogP contribution in [0.3, 0.4) is 0 Å². The highest BCUT2D eigenvalue weighted by molar-refractivity contribution is 5.78. The zero-order valence-corrected chi connectivity index (χ0v) is 16.8. The Morgan fingerprint density at radius 3 is 2.59 bits per heavy atom. The van der Waals surface area contributed by atoms with Crippen molar-refractivity contribution in [3.63, 3.8) is 0 Å². The van der Waals surface area contributed by atoms with Crippen LogP contribution in [0.2, 0.25) is 0 Å². The van der Waals surface area contributed by atoms with Crippen LogP contribution in [0.4, 0.5) is 0 Å². The number of carbonyl (C=O) groups excluding carboxylic acids is 1. The molecule has 0 bridgehead atoms. The summed E-state index contributed by atoms with van der Waals surface area (Å²) in [6, 6.07) is 13.8. The molecule has 1 saturated heterocycles. The van der Waals surface area contributed by atoms with Gasteiger partial charge in [0.25, 0.3) is 0 Å². The van der Waals surface area contributed by atoms with Gasteiger partial charge in [0.05, 0.1) is 38.4 Å². The molecule has 1 heterocycles. The third kappa shape index (κ3) is 4.38. The van der Waals surface area contributed by atoms with Crippen molar-refractivity contribution in [1.29, 1.82) is 0 Å². The third-order valence-corrected chi connectivity index (χ3v) is 5.26. The molecule has 2 atom stereocenters. The number of benzene rings is 2. The summed E-state index contributed by atoms with van der Waals surface area (Å²) in [5.41, 5.74) is 2.88. The SMILES string of the molecule is CCOC(=O)[C@H]1C[C@@H]1c1cc(OC)cc(OCc2ccccc2)c1C1OCCO1. The number of carbonyl (C=O) groups is 1. The van der Waals surface area contributed by atoms with Gasteiger partial charge < -0.3 is 23.7 Å². The molecule has 0 aromatic heterocycles. The van der Waals surface area contributed by atoms with Crippen LogP contribution in [-0.2, 0) is 25.6 Å². The molecule has 29 heavy (non-hydrogen) atoms. The van der Waals surface area contributed by atoms with Crippen LogP contribution in [0.25, 0.3) is 0 Å². The van der Waals surface area contributed by atoms with Gasteiger partial charge in [-0.25, -0.2) is 0 Å². The number of rotatable bonds is 8. The number of hydrogen-bond acceptors (Lipinski definition) is 6. The molecule has 2 aliphatic rings. The number of methoxy groups -OCH3 is 1. The molecule has 1 aliphatic carbocycles. The lowest BCUT2D eigenvalue weighted by Crippen LogP contribution is -2.11. The number of esters is 1. The molecular weight excluding hydrogens is 372 g/mol. The number of hydrogen-bond donors (Lipinski definition) is 0. The van der Waals surface area contributed by atoms with Crippen molar-refractivity contribution in [3.05, 3.63) is 59.2 Å². The van der Waals surface area contributed by atoms with E-state index < -0.39 is 6.29 Å². The summed E-state index contributed by atoms with van der Waals surface area (Å²) in [4.78, 5) is 12.2. The normalized spacial score (nSPS) is 21.0. The average Bonchev–Trinajstić information content (AvgIpc) is 3.38. The molecule has 1 saturated carbocycles. The summed E-state index contributed by atoms with van der Waals surface area (Å²) < 4.78 is 28.5. The van der Waals surface area contributed by atoms with Gasteiger partial charge in [-0.2, -0.15) is 0 Å². The minimum atomic E-state index is -0.509. The van der Waals surface area contributed by atoms with Crippen LogP contribution in [0.1, 0.15) is 42.2 Å². The van der Waals surface area contributed by atoms with Gasteiger partial charge >= 0.3 is 5.97 Å². The molecule has 0 radical (unpaired) electrons. The first kappa shape index (κ1) is 19.7. The lowest BCUT2D eigenvalue weighted by atomic mass is 9.99. The van der Waals surface area contributed by atoms with Crippen LogP contribution in [-0.4, -0.2) is 32.9 Å². The molecule has 2 fully saturated rings. The molecular formula is C23H26O6. The van der Waals surface area contributed by atoms with Crippen LogP contribution >= 0.6 is 0 Å². The number of ether oxygens (including phenoxy) is 5. The highest BCUT2D eigenvalue weighted by Gasteiger charge is 2.48. The zero-order valence-electron chi connectivity index (χ0n) is 16.8. The second-order valence-electron chi connectivity index (χ2n) is 7.18. The van der Waals surface area contributed by atoms with Crippen molar-refractivity contribution in [1.82, 2.24) is 0 Å². The predicted molar refractivity (Wildman–Crippen MR) is 106 cm³/mol. The Kier molecular flexibility index (Phi) is 6.02. The topological polar surface area (TPSA) is 63.2 Å². The summed E-state index contributed by atoms with van der Waals surface area (Å²) in [7, 11) is 1.62. The predicted octanol–water partition coefficient (Wildman–Crippen LogP) is 3.99. The van der Waals surface area contributed by atoms with Crippen molar-refractivity contribution in [2.75, 3.05) is 26.9 Å². The standard InChI is InChI=1S/C23H26O6/c1-3-26-22(24)19-13-17(19)18-11-16(25-2)12-20(21(18)23-27-9-10-28-23)29-14-15-7-5-4-6-8-15/h4-8,11-12,17,19,23H,3,9-10,13-14H2,1-2H3/t17-,19+/m1/s1. The summed E-state index contributed by atoms with van der Waals surface area (Å²) in [5, 5.41) is 0. The van der Waals surface area contributed by atoms with E-state index >= 15 is 0 Å². The van der Waals surface area contributed by atoms with E-state index in [1.807, 2.05) is 49.4 Å². The van der Waals surface area contributed by atoms with Gasteiger partial charge in [0.2, 0.25) is 0 Å². The van der Waals surface area contributed by atoms with E-state index in [1.165, 1.54) is 0 Å². The maximum absolute atomic E-state index is 12.2. The highest BCUT2D eigenvalue weighted by Crippen LogP contribution is 2.53. The van der Waals surface area contributed by atoms with Gasteiger partial charge in [-0.15, -0.1) is 0 Å². The van der Waals surface area contributed by atoms with Gasteiger partial charge in [-0.05, 0) is 36.5 Å². The molecule has 0 unspecified atom stereocenters. The van der Waals surface area contributed by atoms with Gasteiger partial charge in [-0.1, -0.05) is 30.3 Å². The van der Waals surface area contributed by atoms with E-state index in [2.05, 4.69) is 0 Å². The van der Waals surface area contributed by atoms with E-state index in [4.69, 9.17) is 23.7 Å². The quantitative estimate of drug-likeness (QED) is 0.627. The van der Waals surface area contributed by atoms with Crippen molar-refractivity contribution < 1.29 is 28.5 Å². The maximum Gasteiger partial charge on any atom is 0.309 e. The van der Waals surface area contributed by atoms with Crippen LogP contribution in [0.5, 0.6) is 11.5 Å². The average molecular weight is 398 g/mol. The molecule has 2 aromatic rings. The Hall–Kier alpha value is -2.57. The lowest BCUT2D eigenvalue weighted by Gasteiger charge is -2.21. The molecule has 4 rings (SSSR count). The smallest absolute Gasteiger partial charge is 0.309 e. The maximum atomic E-state index is 12.2. The van der Waals surface area contributed by atoms with Crippen molar-refractivity contribution in [2.24, 2.45) is 5.92 Å². The Balaban J connectivity index is 1.66. The molecule has 6 nitrogen and oxygen atoms in total. The van der Waals surface area contributed by atoms with Crippen LogP contribution < -0.4 is 9.47 Å². The second-order valence-corrected chi connectivity index (χ2v) is 7.18. The van der Waals surface area contributed by atoms with Gasteiger partial charge in [-0.3, -0.25) is 4.79 Å². The van der Waals surface area contributed by atoms with Crippen LogP contribution in [0, 0.1) is 5.92 Å². The van der Waals surface area contributed by atoms with Crippen molar-refractivity contribution in [2.45, 2.75) is 32.2 Å². The van der Waals surface area contributed by atoms with E-state index in [9.17, 15) is 4.79 Å². The summed E-state index contributed by atoms with van der Waals surface area (Å²) in [5.74, 6) is 1.07. The van der Waals surface area contributed by atoms with E-state index in [0.29, 0.717) is 37.9 Å². The van der Waals surface area contributed by atoms with E-state index in [-0.39, 0.29) is 17.8 Å². The molecule has 0 spiro atoms. The molecule has 1 aliphatic heterocycles. The summed E-state index contributed by atoms with van der Waals surface area (Å²) in [6.07, 6.45) is 0.231. The first-order valence-electron chi connectivity index (χ1n) is 9.99. The first-order chi connectivity index (χ1) is 14.2. The van der Waals surface area contributed by atoms with Crippen molar-refractivity contribution >= 4 is 5.97 Å². The summed E-state index contributed by atoms with van der Waals surface area (Å²) >= 11 is 0. The third-order valence-electron chi connectivity index (χ3n) is 5.26. The van der Waals surface area contributed by atoms with E-state index in [1.54, 1.807) is 7.11 Å². The molecule has 0 N–H and O–H groups in total. The minimum absolute atomic E-state index is 0.0472. The van der Waals surface area contributed by atoms with Crippen LogP contribution in [0.15, 0.2) is 42.5 Å². The molecule has 6 heteroatoms. The van der Waals surface area contributed by atoms with Gasteiger partial charge in [0.1, 0.15) is 18.1 Å². The second kappa shape index (κ2) is 8.84. The Bertz CT molecular complexity index is 844. The minimum Gasteiger partial charge on any atom is -0.497 e. The van der Waals surface area contributed by atoms with E-state index in [0.717, 1.165) is 23.1 Å². The zero-order chi connectivity index (χ0) is 20.2. The fraction of sp³-hybridized carbons (Fsp3) is 0.435. The lowest BCUT2D eigenvalue weighted by molar-refractivity contribution is -0.144. The monoisotopic (exact) mass is 398 g/mol. The largest absolute Gasteiger partial charge is 0.497 e. The summed E-state index contributed by atoms with van der Waals surface area (Å²) in [6.45, 7) is 3.68. The fourth-order valence-corrected chi connectivity index (χ4v) is 3.73. The Morgan fingerprint density at radius 2 is 1.90 bits per heavy atom. The molecule has 2 aromatic carbocycles. The Labute approximate surface area is 170 Å². The first-order valence-corrected chi connectivity index (χ1v) is 9.99. The molecule has 154 valence electrons. The van der Waals surface area contributed by atoms with Gasteiger partial charge in [0.15, 0.2) is 6.29 Å². The van der Waals surface area contributed by atoms with Gasteiger partial charge in [0, 0.05) is 6.07 Å². The van der Waals surface area contributed by atoms with Crippen molar-refractivity contribution in [3.8, 4) is 11.5 Å². The Morgan fingerprint density at radius 1 is 1.14 bits per heavy atom. The highest BCUT2D eigenvalue weighted by atomic mass is 16.7.